The van der Waals surface area contributed by atoms with E-state index in [-0.39, 0.29) is 0 Å². The molecule has 0 atom stereocenters. The van der Waals surface area contributed by atoms with Crippen LogP contribution in [0.2, 0.25) is 0 Å². The number of pyridine rings is 1. The molecule has 0 spiro atoms. The number of aromatic nitrogens is 3. The molecule has 2 aromatic heterocycles. The van der Waals surface area contributed by atoms with Crippen molar-refractivity contribution < 1.29 is 0 Å². The molecule has 2 rings (SSSR count). The zero-order valence-corrected chi connectivity index (χ0v) is 7.59. The monoisotopic (exact) mass is 183 g/mol. The third-order valence-corrected chi connectivity index (χ3v) is 1.68. The van der Waals surface area contributed by atoms with Crippen LogP contribution in [0, 0.1) is 11.8 Å². The zero-order chi connectivity index (χ0) is 9.64. The van der Waals surface area contributed by atoms with Gasteiger partial charge in [-0.05, 0) is 24.1 Å². The molecule has 0 saturated heterocycles. The van der Waals surface area contributed by atoms with Crippen LogP contribution in [0.15, 0.2) is 42.9 Å². The standard InChI is InChI=1S/C11H9N3/c1-2-7-12-11(5-1)6-3-9-14-10-4-8-13-14/h1-2,4-5,7-8,10H,9H2. The van der Waals surface area contributed by atoms with Crippen molar-refractivity contribution >= 4 is 0 Å². The molecule has 0 aliphatic heterocycles. The molecule has 0 saturated carbocycles. The summed E-state index contributed by atoms with van der Waals surface area (Å²) in [6, 6.07) is 7.56. The third kappa shape index (κ3) is 2.20. The smallest absolute Gasteiger partial charge is 0.113 e. The summed E-state index contributed by atoms with van der Waals surface area (Å²) in [6.07, 6.45) is 5.35. The van der Waals surface area contributed by atoms with Gasteiger partial charge in [-0.3, -0.25) is 4.68 Å². The Kier molecular flexibility index (Phi) is 2.58. The van der Waals surface area contributed by atoms with E-state index in [4.69, 9.17) is 0 Å². The molecule has 0 radical (unpaired) electrons. The lowest BCUT2D eigenvalue weighted by molar-refractivity contribution is 0.715. The molecule has 0 bridgehead atoms. The number of hydrogen-bond donors (Lipinski definition) is 0. The summed E-state index contributed by atoms with van der Waals surface area (Å²) in [5.74, 6) is 5.95. The van der Waals surface area contributed by atoms with Crippen LogP contribution < -0.4 is 0 Å². The van der Waals surface area contributed by atoms with Crippen molar-refractivity contribution in [1.29, 1.82) is 0 Å². The lowest BCUT2D eigenvalue weighted by Crippen LogP contribution is -1.94. The Bertz CT molecular complexity index is 434. The normalized spacial score (nSPS) is 9.14. The van der Waals surface area contributed by atoms with E-state index in [0.29, 0.717) is 6.54 Å². The molecule has 0 unspecified atom stereocenters. The van der Waals surface area contributed by atoms with Crippen LogP contribution in [-0.4, -0.2) is 14.8 Å². The largest absolute Gasteiger partial charge is 0.261 e. The Morgan fingerprint density at radius 3 is 2.93 bits per heavy atom. The van der Waals surface area contributed by atoms with Gasteiger partial charge in [-0.15, -0.1) is 0 Å². The van der Waals surface area contributed by atoms with E-state index in [1.807, 2.05) is 30.5 Å². The van der Waals surface area contributed by atoms with Crippen LogP contribution in [0.4, 0.5) is 0 Å². The Labute approximate surface area is 82.4 Å². The van der Waals surface area contributed by atoms with Gasteiger partial charge in [0.25, 0.3) is 0 Å². The van der Waals surface area contributed by atoms with Gasteiger partial charge < -0.3 is 0 Å². The maximum Gasteiger partial charge on any atom is 0.113 e. The number of nitrogens with zero attached hydrogens (tertiary/aromatic N) is 3. The molecule has 2 aromatic rings. The minimum Gasteiger partial charge on any atom is -0.261 e. The highest BCUT2D eigenvalue weighted by Crippen LogP contribution is 1.89. The molecule has 0 fully saturated rings. The van der Waals surface area contributed by atoms with Crippen molar-refractivity contribution in [3.05, 3.63) is 48.5 Å². The van der Waals surface area contributed by atoms with Crippen molar-refractivity contribution in [2.24, 2.45) is 0 Å². The predicted octanol–water partition coefficient (Wildman–Crippen LogP) is 1.33. The van der Waals surface area contributed by atoms with Crippen LogP contribution in [0.25, 0.3) is 0 Å². The van der Waals surface area contributed by atoms with Crippen molar-refractivity contribution in [3.8, 4) is 11.8 Å². The predicted molar refractivity (Wildman–Crippen MR) is 53.3 cm³/mol. The van der Waals surface area contributed by atoms with Crippen molar-refractivity contribution in [3.63, 3.8) is 0 Å². The minimum atomic E-state index is 0.601. The lowest BCUT2D eigenvalue weighted by Gasteiger charge is -1.90. The third-order valence-electron chi connectivity index (χ3n) is 1.68. The first-order valence-corrected chi connectivity index (χ1v) is 4.32. The van der Waals surface area contributed by atoms with E-state index >= 15 is 0 Å². The number of hydrogen-bond acceptors (Lipinski definition) is 2. The Hall–Kier alpha value is -2.08. The summed E-state index contributed by atoms with van der Waals surface area (Å²) < 4.78 is 1.77. The summed E-state index contributed by atoms with van der Waals surface area (Å²) in [5.41, 5.74) is 0.791. The average molecular weight is 183 g/mol. The van der Waals surface area contributed by atoms with Gasteiger partial charge in [-0.1, -0.05) is 12.0 Å². The van der Waals surface area contributed by atoms with E-state index in [9.17, 15) is 0 Å². The van der Waals surface area contributed by atoms with Crippen LogP contribution in [-0.2, 0) is 6.54 Å². The van der Waals surface area contributed by atoms with Gasteiger partial charge in [0.05, 0.1) is 0 Å². The lowest BCUT2D eigenvalue weighted by atomic mass is 10.3. The van der Waals surface area contributed by atoms with Crippen LogP contribution in [0.3, 0.4) is 0 Å². The van der Waals surface area contributed by atoms with Gasteiger partial charge in [0.1, 0.15) is 12.2 Å². The Balaban J connectivity index is 2.02. The molecular formula is C11H9N3. The fraction of sp³-hybridized carbons (Fsp3) is 0.0909. The summed E-state index contributed by atoms with van der Waals surface area (Å²) in [7, 11) is 0. The van der Waals surface area contributed by atoms with Gasteiger partial charge in [0, 0.05) is 18.6 Å². The second-order valence-corrected chi connectivity index (χ2v) is 2.72. The maximum atomic E-state index is 4.09. The molecule has 0 aliphatic rings. The molecule has 68 valence electrons. The maximum absolute atomic E-state index is 4.09. The summed E-state index contributed by atoms with van der Waals surface area (Å²) in [5, 5.41) is 4.04. The SMILES string of the molecule is C(#Cc1ccccn1)Cn1cccn1. The molecule has 0 aromatic carbocycles. The molecule has 0 N–H and O–H groups in total. The quantitative estimate of drug-likeness (QED) is 0.624. The molecular weight excluding hydrogens is 174 g/mol. The second-order valence-electron chi connectivity index (χ2n) is 2.72. The highest BCUT2D eigenvalue weighted by Gasteiger charge is 1.85. The second kappa shape index (κ2) is 4.24. The Morgan fingerprint density at radius 2 is 2.21 bits per heavy atom. The molecule has 3 nitrogen and oxygen atoms in total. The van der Waals surface area contributed by atoms with Gasteiger partial charge in [0.15, 0.2) is 0 Å². The van der Waals surface area contributed by atoms with Gasteiger partial charge in [0.2, 0.25) is 0 Å². The molecule has 3 heteroatoms. The van der Waals surface area contributed by atoms with Gasteiger partial charge in [-0.25, -0.2) is 4.98 Å². The topological polar surface area (TPSA) is 30.7 Å². The van der Waals surface area contributed by atoms with Crippen LogP contribution in [0.1, 0.15) is 5.69 Å². The van der Waals surface area contributed by atoms with Crippen molar-refractivity contribution in [1.82, 2.24) is 14.8 Å². The summed E-state index contributed by atoms with van der Waals surface area (Å²) in [6.45, 7) is 0.601. The molecule has 0 amide bonds. The fourth-order valence-corrected chi connectivity index (χ4v) is 1.04. The minimum absolute atomic E-state index is 0.601. The van der Waals surface area contributed by atoms with E-state index < -0.39 is 0 Å². The average Bonchev–Trinajstić information content (AvgIpc) is 2.72. The molecule has 2 heterocycles. The van der Waals surface area contributed by atoms with E-state index in [1.165, 1.54) is 0 Å². The van der Waals surface area contributed by atoms with E-state index in [2.05, 4.69) is 21.9 Å². The highest BCUT2D eigenvalue weighted by atomic mass is 15.3. The van der Waals surface area contributed by atoms with Crippen molar-refractivity contribution in [2.45, 2.75) is 6.54 Å². The Morgan fingerprint density at radius 1 is 1.21 bits per heavy atom. The summed E-state index contributed by atoms with van der Waals surface area (Å²) in [4.78, 5) is 4.09. The fourth-order valence-electron chi connectivity index (χ4n) is 1.04. The van der Waals surface area contributed by atoms with Crippen LogP contribution >= 0.6 is 0 Å². The van der Waals surface area contributed by atoms with E-state index in [0.717, 1.165) is 5.69 Å². The first-order valence-electron chi connectivity index (χ1n) is 4.32. The van der Waals surface area contributed by atoms with Crippen molar-refractivity contribution in [2.75, 3.05) is 0 Å². The van der Waals surface area contributed by atoms with E-state index in [1.54, 1.807) is 17.1 Å². The zero-order valence-electron chi connectivity index (χ0n) is 7.59. The first-order chi connectivity index (χ1) is 6.95. The number of rotatable bonds is 1. The van der Waals surface area contributed by atoms with Gasteiger partial charge in [-0.2, -0.15) is 5.10 Å². The highest BCUT2D eigenvalue weighted by molar-refractivity contribution is 5.26. The van der Waals surface area contributed by atoms with Gasteiger partial charge >= 0.3 is 0 Å². The first kappa shape index (κ1) is 8.52. The molecule has 14 heavy (non-hydrogen) atoms. The van der Waals surface area contributed by atoms with Crippen LogP contribution in [0.5, 0.6) is 0 Å². The molecule has 0 aliphatic carbocycles. The summed E-state index contributed by atoms with van der Waals surface area (Å²) >= 11 is 0.